The smallest absolute Gasteiger partial charge is 0.312 e. The first-order valence-electron chi connectivity index (χ1n) is 7.41. The number of fused-ring (bicyclic) bond motifs is 1. The summed E-state index contributed by atoms with van der Waals surface area (Å²) in [6.45, 7) is 1.12. The summed E-state index contributed by atoms with van der Waals surface area (Å²) in [6, 6.07) is 11.1. The van der Waals surface area contributed by atoms with Gasteiger partial charge in [-0.1, -0.05) is 18.2 Å². The highest BCUT2D eigenvalue weighted by Crippen LogP contribution is 2.37. The maximum absolute atomic E-state index is 12.4. The van der Waals surface area contributed by atoms with Gasteiger partial charge in [0.25, 0.3) is 0 Å². The molecule has 0 unspecified atom stereocenters. The van der Waals surface area contributed by atoms with Gasteiger partial charge in [-0.25, -0.2) is 0 Å². The van der Waals surface area contributed by atoms with Crippen LogP contribution in [0.5, 0.6) is 5.75 Å². The van der Waals surface area contributed by atoms with Crippen LogP contribution in [0.3, 0.4) is 0 Å². The van der Waals surface area contributed by atoms with Crippen molar-refractivity contribution in [1.29, 1.82) is 0 Å². The molecule has 6 nitrogen and oxygen atoms in total. The second-order valence-electron chi connectivity index (χ2n) is 5.43. The molecule has 1 atom stereocenters. The van der Waals surface area contributed by atoms with E-state index in [9.17, 15) is 9.59 Å². The number of hydrogen-bond acceptors (Lipinski definition) is 3. The summed E-state index contributed by atoms with van der Waals surface area (Å²) < 4.78 is 7.52. The summed E-state index contributed by atoms with van der Waals surface area (Å²) in [5.74, 6) is -0.823. The number of amides is 1. The van der Waals surface area contributed by atoms with Crippen molar-refractivity contribution in [3.8, 4) is 5.75 Å². The third kappa shape index (κ3) is 2.79. The van der Waals surface area contributed by atoms with E-state index in [1.54, 1.807) is 12.0 Å². The molecule has 1 aliphatic heterocycles. The lowest BCUT2D eigenvalue weighted by Gasteiger charge is -2.37. The van der Waals surface area contributed by atoms with Gasteiger partial charge in [-0.3, -0.25) is 9.59 Å². The van der Waals surface area contributed by atoms with Crippen LogP contribution in [0.2, 0.25) is 0 Å². The standard InChI is InChI=1S/C17H18N2O4/c1-23-14-7-3-2-5-12(14)17-13-6-4-8-18(13)9-10-19(17)15(20)11-16(21)22/h2-8,17H,9-11H2,1H3,(H,21,22)/t17-/m1/s1. The van der Waals surface area contributed by atoms with Crippen LogP contribution in [0.4, 0.5) is 0 Å². The Morgan fingerprint density at radius 1 is 1.22 bits per heavy atom. The number of nitrogens with zero attached hydrogens (tertiary/aromatic N) is 2. The summed E-state index contributed by atoms with van der Waals surface area (Å²) in [4.78, 5) is 25.0. The van der Waals surface area contributed by atoms with Crippen molar-refractivity contribution >= 4 is 11.9 Å². The largest absolute Gasteiger partial charge is 0.496 e. The molecule has 120 valence electrons. The fourth-order valence-electron chi connectivity index (χ4n) is 3.10. The highest BCUT2D eigenvalue weighted by atomic mass is 16.5. The first-order valence-corrected chi connectivity index (χ1v) is 7.41. The topological polar surface area (TPSA) is 71.8 Å². The van der Waals surface area contributed by atoms with Crippen LogP contribution in [0.15, 0.2) is 42.6 Å². The van der Waals surface area contributed by atoms with Crippen molar-refractivity contribution < 1.29 is 19.4 Å². The van der Waals surface area contributed by atoms with Gasteiger partial charge < -0.3 is 19.3 Å². The molecule has 1 aliphatic rings. The first-order chi connectivity index (χ1) is 11.1. The number of hydrogen-bond donors (Lipinski definition) is 1. The molecule has 0 saturated heterocycles. The Bertz CT molecular complexity index is 738. The molecular formula is C17H18N2O4. The Morgan fingerprint density at radius 2 is 2.00 bits per heavy atom. The zero-order valence-electron chi connectivity index (χ0n) is 12.8. The van der Waals surface area contributed by atoms with E-state index in [4.69, 9.17) is 9.84 Å². The van der Waals surface area contributed by atoms with Crippen LogP contribution in [0.1, 0.15) is 23.7 Å². The van der Waals surface area contributed by atoms with E-state index in [1.807, 2.05) is 42.6 Å². The second kappa shape index (κ2) is 6.16. The molecule has 0 radical (unpaired) electrons. The van der Waals surface area contributed by atoms with Crippen molar-refractivity contribution in [1.82, 2.24) is 9.47 Å². The molecule has 6 heteroatoms. The molecule has 1 N–H and O–H groups in total. The lowest BCUT2D eigenvalue weighted by Crippen LogP contribution is -2.43. The Labute approximate surface area is 133 Å². The van der Waals surface area contributed by atoms with Crippen molar-refractivity contribution in [2.45, 2.75) is 19.0 Å². The summed E-state index contributed by atoms with van der Waals surface area (Å²) in [5, 5.41) is 8.95. The Hall–Kier alpha value is -2.76. The zero-order valence-corrected chi connectivity index (χ0v) is 12.8. The third-order valence-electron chi connectivity index (χ3n) is 4.09. The Balaban J connectivity index is 2.07. The monoisotopic (exact) mass is 314 g/mol. The fraction of sp³-hybridized carbons (Fsp3) is 0.294. The summed E-state index contributed by atoms with van der Waals surface area (Å²) in [5.41, 5.74) is 1.81. The van der Waals surface area contributed by atoms with Crippen molar-refractivity contribution in [2.24, 2.45) is 0 Å². The second-order valence-corrected chi connectivity index (χ2v) is 5.43. The average molecular weight is 314 g/mol. The molecule has 23 heavy (non-hydrogen) atoms. The van der Waals surface area contributed by atoms with Gasteiger partial charge in [0.15, 0.2) is 0 Å². The number of aliphatic carboxylic acids is 1. The van der Waals surface area contributed by atoms with Gasteiger partial charge in [0.05, 0.1) is 7.11 Å². The number of carboxylic acids is 1. The summed E-state index contributed by atoms with van der Waals surface area (Å²) in [7, 11) is 1.59. The van der Waals surface area contributed by atoms with E-state index < -0.39 is 12.4 Å². The van der Waals surface area contributed by atoms with E-state index >= 15 is 0 Å². The molecule has 1 aromatic carbocycles. The van der Waals surface area contributed by atoms with E-state index in [0.717, 1.165) is 11.3 Å². The van der Waals surface area contributed by atoms with Crippen LogP contribution in [-0.4, -0.2) is 40.1 Å². The van der Waals surface area contributed by atoms with E-state index in [2.05, 4.69) is 4.57 Å². The fourth-order valence-corrected chi connectivity index (χ4v) is 3.10. The molecule has 3 rings (SSSR count). The van der Waals surface area contributed by atoms with Crippen molar-refractivity contribution in [2.75, 3.05) is 13.7 Å². The lowest BCUT2D eigenvalue weighted by molar-refractivity contribution is -0.145. The van der Waals surface area contributed by atoms with E-state index in [1.165, 1.54) is 0 Å². The Morgan fingerprint density at radius 3 is 2.74 bits per heavy atom. The summed E-state index contributed by atoms with van der Waals surface area (Å²) >= 11 is 0. The number of methoxy groups -OCH3 is 1. The molecule has 0 saturated carbocycles. The van der Waals surface area contributed by atoms with E-state index in [0.29, 0.717) is 18.8 Å². The van der Waals surface area contributed by atoms with Gasteiger partial charge in [-0.2, -0.15) is 0 Å². The van der Waals surface area contributed by atoms with Crippen LogP contribution < -0.4 is 4.74 Å². The number of rotatable bonds is 4. The minimum absolute atomic E-state index is 0.346. The molecule has 0 aliphatic carbocycles. The highest BCUT2D eigenvalue weighted by Gasteiger charge is 2.34. The normalized spacial score (nSPS) is 16.7. The zero-order chi connectivity index (χ0) is 16.4. The van der Waals surface area contributed by atoms with Crippen molar-refractivity contribution in [3.05, 3.63) is 53.9 Å². The molecule has 0 spiro atoms. The SMILES string of the molecule is COc1ccccc1[C@@H]1c2cccn2CCN1C(=O)CC(=O)O. The molecule has 2 heterocycles. The number of carboxylic acid groups (broad SMARTS) is 1. The van der Waals surface area contributed by atoms with Gasteiger partial charge in [-0.15, -0.1) is 0 Å². The molecule has 0 fully saturated rings. The number of para-hydroxylation sites is 1. The predicted molar refractivity (Wildman–Crippen MR) is 83.2 cm³/mol. The predicted octanol–water partition coefficient (Wildman–Crippen LogP) is 1.90. The number of ether oxygens (including phenoxy) is 1. The molecular weight excluding hydrogens is 296 g/mol. The van der Waals surface area contributed by atoms with Gasteiger partial charge in [0.2, 0.25) is 5.91 Å². The summed E-state index contributed by atoms with van der Waals surface area (Å²) in [6.07, 6.45) is 1.46. The molecule has 2 aromatic rings. The first kappa shape index (κ1) is 15.1. The molecule has 1 amide bonds. The van der Waals surface area contributed by atoms with Crippen LogP contribution >= 0.6 is 0 Å². The molecule has 1 aromatic heterocycles. The third-order valence-corrected chi connectivity index (χ3v) is 4.09. The van der Waals surface area contributed by atoms with Crippen LogP contribution in [0, 0.1) is 0 Å². The number of aromatic nitrogens is 1. The van der Waals surface area contributed by atoms with Crippen LogP contribution in [-0.2, 0) is 16.1 Å². The highest BCUT2D eigenvalue weighted by molar-refractivity contribution is 5.93. The number of benzene rings is 1. The quantitative estimate of drug-likeness (QED) is 0.875. The minimum atomic E-state index is -1.12. The Kier molecular flexibility index (Phi) is 4.06. The minimum Gasteiger partial charge on any atom is -0.496 e. The molecule has 0 bridgehead atoms. The lowest BCUT2D eigenvalue weighted by atomic mass is 9.98. The van der Waals surface area contributed by atoms with Gasteiger partial charge in [-0.05, 0) is 18.2 Å². The number of carbonyl (C=O) groups is 2. The van der Waals surface area contributed by atoms with Crippen molar-refractivity contribution in [3.63, 3.8) is 0 Å². The van der Waals surface area contributed by atoms with Gasteiger partial charge in [0.1, 0.15) is 18.2 Å². The number of carbonyl (C=O) groups excluding carboxylic acids is 1. The average Bonchev–Trinajstić information content (AvgIpc) is 3.01. The van der Waals surface area contributed by atoms with Gasteiger partial charge >= 0.3 is 5.97 Å². The maximum atomic E-state index is 12.4. The van der Waals surface area contributed by atoms with Crippen LogP contribution in [0.25, 0.3) is 0 Å². The van der Waals surface area contributed by atoms with Gasteiger partial charge in [0, 0.05) is 30.5 Å². The maximum Gasteiger partial charge on any atom is 0.312 e. The van der Waals surface area contributed by atoms with E-state index in [-0.39, 0.29) is 11.9 Å².